The van der Waals surface area contributed by atoms with Crippen LogP contribution in [0, 0.1) is 6.92 Å². The number of amides is 2. The molecule has 3 aromatic carbocycles. The third-order valence-corrected chi connectivity index (χ3v) is 9.33. The number of ether oxygens (including phenoxy) is 1. The summed E-state index contributed by atoms with van der Waals surface area (Å²) in [7, 11) is -2.73. The van der Waals surface area contributed by atoms with Crippen LogP contribution in [0.25, 0.3) is 0 Å². The van der Waals surface area contributed by atoms with Gasteiger partial charge in [0.05, 0.1) is 27.7 Å². The Labute approximate surface area is 252 Å². The predicted molar refractivity (Wildman–Crippen MR) is 163 cm³/mol. The Morgan fingerprint density at radius 3 is 2.29 bits per heavy atom. The average molecular weight is 621 g/mol. The summed E-state index contributed by atoms with van der Waals surface area (Å²) in [5, 5.41) is 3.03. The smallest absolute Gasteiger partial charge is 0.264 e. The largest absolute Gasteiger partial charge is 0.497 e. The molecule has 0 aliphatic rings. The molecule has 0 bridgehead atoms. The third kappa shape index (κ3) is 7.93. The first-order chi connectivity index (χ1) is 19.4. The first-order valence-corrected chi connectivity index (χ1v) is 15.3. The van der Waals surface area contributed by atoms with E-state index < -0.39 is 28.5 Å². The summed E-state index contributed by atoms with van der Waals surface area (Å²) >= 11 is 12.7. The maximum Gasteiger partial charge on any atom is 0.264 e. The van der Waals surface area contributed by atoms with Crippen molar-refractivity contribution in [3.05, 3.63) is 87.9 Å². The van der Waals surface area contributed by atoms with Crippen molar-refractivity contribution in [3.63, 3.8) is 0 Å². The molecule has 3 aromatic rings. The summed E-state index contributed by atoms with van der Waals surface area (Å²) in [6, 6.07) is 16.9. The molecule has 3 rings (SSSR count). The Morgan fingerprint density at radius 2 is 1.66 bits per heavy atom. The zero-order valence-corrected chi connectivity index (χ0v) is 26.1. The summed E-state index contributed by atoms with van der Waals surface area (Å²) in [4.78, 5) is 28.6. The van der Waals surface area contributed by atoms with Crippen molar-refractivity contribution in [2.75, 3.05) is 18.0 Å². The molecule has 8 nitrogen and oxygen atoms in total. The van der Waals surface area contributed by atoms with E-state index in [9.17, 15) is 18.0 Å². The lowest BCUT2D eigenvalue weighted by atomic mass is 10.1. The summed E-state index contributed by atoms with van der Waals surface area (Å²) < 4.78 is 34.2. The van der Waals surface area contributed by atoms with Crippen molar-refractivity contribution in [2.45, 2.75) is 57.6 Å². The van der Waals surface area contributed by atoms with E-state index in [4.69, 9.17) is 27.9 Å². The Balaban J connectivity index is 2.08. The van der Waals surface area contributed by atoms with Crippen LogP contribution in [0.2, 0.25) is 10.0 Å². The van der Waals surface area contributed by atoms with Crippen LogP contribution >= 0.6 is 23.2 Å². The molecule has 0 aromatic heterocycles. The molecular formula is C30H35Cl2N3O5S. The highest BCUT2D eigenvalue weighted by Crippen LogP contribution is 2.35. The number of rotatable bonds is 12. The molecular weight excluding hydrogens is 585 g/mol. The number of carbonyl (C=O) groups excluding carboxylic acids is 2. The number of aryl methyl sites for hydroxylation is 1. The van der Waals surface area contributed by atoms with E-state index in [0.29, 0.717) is 17.7 Å². The lowest BCUT2D eigenvalue weighted by Gasteiger charge is -2.32. The van der Waals surface area contributed by atoms with Crippen molar-refractivity contribution in [1.82, 2.24) is 10.2 Å². The summed E-state index contributed by atoms with van der Waals surface area (Å²) in [6.07, 6.45) is 0.706. The van der Waals surface area contributed by atoms with Gasteiger partial charge in [0, 0.05) is 12.6 Å². The number of nitrogens with one attached hydrogen (secondary N) is 1. The molecule has 0 aliphatic heterocycles. The number of nitrogens with zero attached hydrogens (tertiary/aromatic N) is 2. The minimum absolute atomic E-state index is 0.0143. The molecule has 0 saturated heterocycles. The molecule has 11 heteroatoms. The second-order valence-corrected chi connectivity index (χ2v) is 12.4. The van der Waals surface area contributed by atoms with Gasteiger partial charge >= 0.3 is 0 Å². The van der Waals surface area contributed by atoms with E-state index in [-0.39, 0.29) is 39.1 Å². The van der Waals surface area contributed by atoms with Crippen molar-refractivity contribution in [3.8, 4) is 5.75 Å². The van der Waals surface area contributed by atoms with Crippen LogP contribution < -0.4 is 14.4 Å². The van der Waals surface area contributed by atoms with Gasteiger partial charge in [0.1, 0.15) is 18.3 Å². The number of benzene rings is 3. The number of methoxy groups -OCH3 is 1. The monoisotopic (exact) mass is 619 g/mol. The van der Waals surface area contributed by atoms with Gasteiger partial charge in [-0.1, -0.05) is 66.0 Å². The number of carbonyl (C=O) groups is 2. The van der Waals surface area contributed by atoms with Crippen LogP contribution in [0.15, 0.2) is 71.6 Å². The lowest BCUT2D eigenvalue weighted by molar-refractivity contribution is -0.139. The Bertz CT molecular complexity index is 1480. The molecule has 0 saturated carbocycles. The zero-order valence-electron chi connectivity index (χ0n) is 23.7. The van der Waals surface area contributed by atoms with Crippen LogP contribution in [0.3, 0.4) is 0 Å². The van der Waals surface area contributed by atoms with Gasteiger partial charge in [-0.3, -0.25) is 13.9 Å². The number of sulfonamides is 1. The molecule has 0 unspecified atom stereocenters. The molecule has 0 radical (unpaired) electrons. The minimum Gasteiger partial charge on any atom is -0.497 e. The summed E-state index contributed by atoms with van der Waals surface area (Å²) in [6.45, 7) is 6.68. The molecule has 0 fully saturated rings. The maximum atomic E-state index is 14.0. The molecule has 41 heavy (non-hydrogen) atoms. The van der Waals surface area contributed by atoms with Gasteiger partial charge < -0.3 is 15.0 Å². The fourth-order valence-electron chi connectivity index (χ4n) is 4.05. The number of hydrogen-bond acceptors (Lipinski definition) is 5. The Hall–Kier alpha value is -3.27. The van der Waals surface area contributed by atoms with Crippen LogP contribution in [0.4, 0.5) is 5.69 Å². The first kappa shape index (κ1) is 32.2. The van der Waals surface area contributed by atoms with Gasteiger partial charge in [-0.25, -0.2) is 8.42 Å². The van der Waals surface area contributed by atoms with E-state index in [2.05, 4.69) is 5.32 Å². The average Bonchev–Trinajstić information content (AvgIpc) is 2.95. The van der Waals surface area contributed by atoms with Gasteiger partial charge in [0.25, 0.3) is 10.0 Å². The fourth-order valence-corrected chi connectivity index (χ4v) is 5.93. The van der Waals surface area contributed by atoms with E-state index in [1.807, 2.05) is 20.8 Å². The predicted octanol–water partition coefficient (Wildman–Crippen LogP) is 5.84. The summed E-state index contributed by atoms with van der Waals surface area (Å²) in [5.41, 5.74) is 1.62. The van der Waals surface area contributed by atoms with E-state index in [1.165, 1.54) is 36.3 Å². The molecule has 2 amide bonds. The third-order valence-electron chi connectivity index (χ3n) is 6.74. The van der Waals surface area contributed by atoms with Crippen LogP contribution in [-0.2, 0) is 26.2 Å². The van der Waals surface area contributed by atoms with Crippen molar-refractivity contribution in [1.29, 1.82) is 0 Å². The van der Waals surface area contributed by atoms with Crippen LogP contribution in [-0.4, -0.2) is 50.9 Å². The van der Waals surface area contributed by atoms with Gasteiger partial charge in [0.15, 0.2) is 0 Å². The highest BCUT2D eigenvalue weighted by Gasteiger charge is 2.34. The van der Waals surface area contributed by atoms with Gasteiger partial charge in [-0.2, -0.15) is 0 Å². The normalized spacial score (nSPS) is 12.8. The van der Waals surface area contributed by atoms with Crippen LogP contribution in [0.5, 0.6) is 5.75 Å². The standard InChI is InChI=1S/C30H35Cl2N3O5S/c1-6-21(3)33-30(37)22(4)34(18-23-9-7-10-24(17-23)40-5)28(36)19-35(27-12-8-11-26(31)29(27)32)41(38,39)25-15-13-20(2)14-16-25/h7-17,21-22H,6,18-19H2,1-5H3,(H,33,37)/t21-,22-/m1/s1. The second kappa shape index (κ2) is 14.1. The Kier molecular flexibility index (Phi) is 11.1. The second-order valence-electron chi connectivity index (χ2n) is 9.76. The SMILES string of the molecule is CC[C@@H](C)NC(=O)[C@@H](C)N(Cc1cccc(OC)c1)C(=O)CN(c1cccc(Cl)c1Cl)S(=O)(=O)c1ccc(C)cc1. The number of anilines is 1. The van der Waals surface area contributed by atoms with Crippen molar-refractivity contribution >= 4 is 50.7 Å². The maximum absolute atomic E-state index is 14.0. The Morgan fingerprint density at radius 1 is 1.00 bits per heavy atom. The zero-order chi connectivity index (χ0) is 30.3. The minimum atomic E-state index is -4.27. The molecule has 0 spiro atoms. The van der Waals surface area contributed by atoms with E-state index in [0.717, 1.165) is 9.87 Å². The number of hydrogen-bond donors (Lipinski definition) is 1. The van der Waals surface area contributed by atoms with Crippen molar-refractivity contribution < 1.29 is 22.7 Å². The van der Waals surface area contributed by atoms with Gasteiger partial charge in [0.2, 0.25) is 11.8 Å². The highest BCUT2D eigenvalue weighted by atomic mass is 35.5. The van der Waals surface area contributed by atoms with Crippen LogP contribution in [0.1, 0.15) is 38.3 Å². The number of halogens is 2. The topological polar surface area (TPSA) is 96.0 Å². The van der Waals surface area contributed by atoms with Gasteiger partial charge in [-0.15, -0.1) is 0 Å². The van der Waals surface area contributed by atoms with E-state index in [1.54, 1.807) is 49.4 Å². The molecule has 220 valence electrons. The molecule has 1 N–H and O–H groups in total. The molecule has 0 heterocycles. The van der Waals surface area contributed by atoms with E-state index >= 15 is 0 Å². The summed E-state index contributed by atoms with van der Waals surface area (Å²) in [5.74, 6) is -0.378. The van der Waals surface area contributed by atoms with Crippen molar-refractivity contribution in [2.24, 2.45) is 0 Å². The molecule has 0 aliphatic carbocycles. The lowest BCUT2D eigenvalue weighted by Crippen LogP contribution is -2.52. The molecule has 2 atom stereocenters. The first-order valence-electron chi connectivity index (χ1n) is 13.1. The quantitative estimate of drug-likeness (QED) is 0.275. The fraction of sp³-hybridized carbons (Fsp3) is 0.333. The van der Waals surface area contributed by atoms with Gasteiger partial charge in [-0.05, 0) is 69.2 Å². The highest BCUT2D eigenvalue weighted by molar-refractivity contribution is 7.92.